The predicted molar refractivity (Wildman–Crippen MR) is 113 cm³/mol. The molecular formula is C20H19BF5NOS2. The number of halogens is 5. The molecule has 1 aliphatic rings. The third kappa shape index (κ3) is 5.29. The summed E-state index contributed by atoms with van der Waals surface area (Å²) in [5.41, 5.74) is 1.99. The standard InChI is InChI=1S/C20H19FNOS2.BF4/c1-3-22(4-2)20-24-18-15-12-14(21)10-11-16(15)23-17(19(18)25-20)13-8-6-5-7-9-13;2-1(3,4)5/h5-12,17H,3-4H2,1-2H3;/q+1;-1. The number of fused-ring (bicyclic) bond motifs is 3. The molecule has 4 rings (SSSR count). The van der Waals surface area contributed by atoms with Crippen molar-refractivity contribution in [2.75, 3.05) is 13.1 Å². The van der Waals surface area contributed by atoms with E-state index in [2.05, 4.69) is 30.6 Å². The molecule has 1 atom stereocenters. The molecule has 0 spiro atoms. The minimum Gasteiger partial charge on any atom is -0.479 e. The summed E-state index contributed by atoms with van der Waals surface area (Å²) in [5.74, 6) is 0.525. The Hall–Kier alpha value is -2.20. The van der Waals surface area contributed by atoms with Crippen LogP contribution in [0.1, 0.15) is 30.4 Å². The van der Waals surface area contributed by atoms with E-state index in [4.69, 9.17) is 4.74 Å². The van der Waals surface area contributed by atoms with Crippen LogP contribution in [0.15, 0.2) is 48.5 Å². The number of benzene rings is 2. The van der Waals surface area contributed by atoms with Crippen molar-refractivity contribution in [3.63, 3.8) is 0 Å². The number of hydrogen-bond donors (Lipinski definition) is 0. The maximum absolute atomic E-state index is 13.8. The Morgan fingerprint density at radius 2 is 1.60 bits per heavy atom. The summed E-state index contributed by atoms with van der Waals surface area (Å²) < 4.78 is 62.7. The van der Waals surface area contributed by atoms with E-state index in [0.717, 1.165) is 39.7 Å². The molecule has 2 nitrogen and oxygen atoms in total. The zero-order chi connectivity index (χ0) is 21.9. The number of ether oxygens (including phenoxy) is 1. The summed E-state index contributed by atoms with van der Waals surface area (Å²) in [6.45, 7) is 6.24. The van der Waals surface area contributed by atoms with Crippen molar-refractivity contribution >= 4 is 29.9 Å². The van der Waals surface area contributed by atoms with E-state index < -0.39 is 7.25 Å². The average Bonchev–Trinajstić information content (AvgIpc) is 3.13. The molecule has 0 amide bonds. The van der Waals surface area contributed by atoms with Gasteiger partial charge in [-0.3, -0.25) is 0 Å². The van der Waals surface area contributed by atoms with Crippen molar-refractivity contribution in [1.82, 2.24) is 4.58 Å². The van der Waals surface area contributed by atoms with Crippen LogP contribution in [0.5, 0.6) is 5.75 Å². The van der Waals surface area contributed by atoms with Crippen LogP contribution in [0, 0.1) is 5.82 Å². The molecule has 0 radical (unpaired) electrons. The zero-order valence-corrected chi connectivity index (χ0v) is 17.9. The van der Waals surface area contributed by atoms with E-state index in [1.807, 2.05) is 18.2 Å². The third-order valence-electron chi connectivity index (χ3n) is 4.40. The third-order valence-corrected chi connectivity index (χ3v) is 7.18. The largest absolute Gasteiger partial charge is 0.673 e. The Labute approximate surface area is 179 Å². The first-order chi connectivity index (χ1) is 14.2. The Morgan fingerprint density at radius 3 is 2.20 bits per heavy atom. The first kappa shape index (κ1) is 22.5. The molecule has 10 heteroatoms. The molecule has 1 aliphatic heterocycles. The molecule has 2 heterocycles. The Kier molecular flexibility index (Phi) is 6.97. The van der Waals surface area contributed by atoms with E-state index in [9.17, 15) is 21.7 Å². The average molecular weight is 459 g/mol. The van der Waals surface area contributed by atoms with Crippen molar-refractivity contribution in [3.05, 3.63) is 68.8 Å². The van der Waals surface area contributed by atoms with Crippen LogP contribution in [0.3, 0.4) is 0 Å². The van der Waals surface area contributed by atoms with E-state index in [0.29, 0.717) is 0 Å². The molecule has 0 aliphatic carbocycles. The lowest BCUT2D eigenvalue weighted by Crippen LogP contribution is -2.25. The van der Waals surface area contributed by atoms with Gasteiger partial charge in [0.05, 0.1) is 9.75 Å². The second-order valence-electron chi connectivity index (χ2n) is 6.38. The van der Waals surface area contributed by atoms with E-state index >= 15 is 0 Å². The van der Waals surface area contributed by atoms with Gasteiger partial charge >= 0.3 is 11.2 Å². The molecule has 0 bridgehead atoms. The fourth-order valence-corrected chi connectivity index (χ4v) is 6.12. The van der Waals surface area contributed by atoms with Gasteiger partial charge < -0.3 is 22.0 Å². The first-order valence-corrected chi connectivity index (χ1v) is 10.9. The van der Waals surface area contributed by atoms with Gasteiger partial charge in [0.2, 0.25) is 0 Å². The highest BCUT2D eigenvalue weighted by Gasteiger charge is 2.32. The van der Waals surface area contributed by atoms with E-state index in [1.54, 1.807) is 34.8 Å². The normalized spacial score (nSPS) is 14.7. The zero-order valence-electron chi connectivity index (χ0n) is 16.2. The molecular weight excluding hydrogens is 440 g/mol. The van der Waals surface area contributed by atoms with Crippen molar-refractivity contribution in [1.29, 1.82) is 0 Å². The summed E-state index contributed by atoms with van der Waals surface area (Å²) in [5, 5.41) is 0. The number of rotatable bonds is 3. The van der Waals surface area contributed by atoms with Gasteiger partial charge in [0.25, 0.3) is 0 Å². The topological polar surface area (TPSA) is 12.2 Å². The highest BCUT2D eigenvalue weighted by Crippen LogP contribution is 2.47. The van der Waals surface area contributed by atoms with Gasteiger partial charge in [0.15, 0.2) is 6.10 Å². The van der Waals surface area contributed by atoms with Crippen LogP contribution < -0.4 is 13.3 Å². The highest BCUT2D eigenvalue weighted by atomic mass is 32.2. The van der Waals surface area contributed by atoms with Gasteiger partial charge in [-0.05, 0) is 37.6 Å². The first-order valence-electron chi connectivity index (χ1n) is 9.31. The lowest BCUT2D eigenvalue weighted by Gasteiger charge is -2.25. The van der Waals surface area contributed by atoms with Gasteiger partial charge in [-0.1, -0.05) is 53.0 Å². The van der Waals surface area contributed by atoms with Crippen LogP contribution >= 0.6 is 22.7 Å². The minimum absolute atomic E-state index is 0.139. The number of nitrogens with zero attached hydrogens (tertiary/aromatic N) is 1. The lowest BCUT2D eigenvalue weighted by molar-refractivity contribution is 0.247. The van der Waals surface area contributed by atoms with Crippen LogP contribution in [0.4, 0.5) is 21.7 Å². The van der Waals surface area contributed by atoms with Gasteiger partial charge in [0, 0.05) is 5.56 Å². The van der Waals surface area contributed by atoms with Crippen LogP contribution in [0.25, 0.3) is 10.4 Å². The second kappa shape index (κ2) is 9.30. The van der Waals surface area contributed by atoms with Crippen molar-refractivity contribution in [2.45, 2.75) is 20.0 Å². The van der Waals surface area contributed by atoms with Crippen LogP contribution in [0.2, 0.25) is 0 Å². The molecule has 0 fully saturated rings. The minimum atomic E-state index is -6.00. The monoisotopic (exact) mass is 459 g/mol. The van der Waals surface area contributed by atoms with Crippen molar-refractivity contribution < 1.29 is 26.4 Å². The molecule has 0 N–H and O–H groups in total. The molecule has 1 unspecified atom stereocenters. The van der Waals surface area contributed by atoms with Gasteiger partial charge in [-0.2, -0.15) is 0 Å². The summed E-state index contributed by atoms with van der Waals surface area (Å²) >= 11 is 3.50. The maximum Gasteiger partial charge on any atom is 0.673 e. The fraction of sp³-hybridized carbons (Fsp3) is 0.250. The molecule has 2 aromatic carbocycles. The summed E-state index contributed by atoms with van der Waals surface area (Å²) in [4.78, 5) is 2.29. The Bertz CT molecular complexity index is 1070. The highest BCUT2D eigenvalue weighted by molar-refractivity contribution is 7.29. The summed E-state index contributed by atoms with van der Waals surface area (Å²) in [6, 6.07) is 15.0. The quantitative estimate of drug-likeness (QED) is 0.258. The second-order valence-corrected chi connectivity index (χ2v) is 8.67. The SMILES string of the molecule is CC[N+](CC)=c1sc2c(s1)C(c1ccccc1)Oc1ccc(F)cc1-2.F[B-](F)(F)F. The molecule has 30 heavy (non-hydrogen) atoms. The fourth-order valence-electron chi connectivity index (χ4n) is 3.08. The molecule has 1 aromatic heterocycles. The van der Waals surface area contributed by atoms with Crippen LogP contribution in [-0.4, -0.2) is 20.3 Å². The lowest BCUT2D eigenvalue weighted by atomic mass is 10.0. The molecule has 3 aromatic rings. The number of hydrogen-bond acceptors (Lipinski definition) is 3. The smallest absolute Gasteiger partial charge is 0.479 e. The molecule has 0 saturated carbocycles. The Balaban J connectivity index is 0.000000461. The van der Waals surface area contributed by atoms with Gasteiger partial charge in [-0.25, -0.2) is 8.97 Å². The van der Waals surface area contributed by atoms with Crippen molar-refractivity contribution in [2.24, 2.45) is 0 Å². The van der Waals surface area contributed by atoms with E-state index in [-0.39, 0.29) is 11.9 Å². The molecule has 160 valence electrons. The van der Waals surface area contributed by atoms with E-state index in [1.165, 1.54) is 10.1 Å². The maximum atomic E-state index is 13.8. The van der Waals surface area contributed by atoms with Gasteiger partial charge in [-0.15, -0.1) is 0 Å². The van der Waals surface area contributed by atoms with Crippen LogP contribution in [-0.2, 0) is 0 Å². The Morgan fingerprint density at radius 1 is 0.967 bits per heavy atom. The molecule has 0 saturated heterocycles. The summed E-state index contributed by atoms with van der Waals surface area (Å²) in [6.07, 6.45) is -0.139. The predicted octanol–water partition coefficient (Wildman–Crippen LogP) is 6.21. The van der Waals surface area contributed by atoms with Crippen molar-refractivity contribution in [3.8, 4) is 16.2 Å². The van der Waals surface area contributed by atoms with Gasteiger partial charge in [0.1, 0.15) is 24.7 Å². The summed E-state index contributed by atoms with van der Waals surface area (Å²) in [7, 11) is -6.00.